The number of benzene rings is 1. The first-order chi connectivity index (χ1) is 9.97. The Balaban J connectivity index is 2.61. The summed E-state index contributed by atoms with van der Waals surface area (Å²) in [5, 5.41) is 19.3. The summed E-state index contributed by atoms with van der Waals surface area (Å²) in [6.45, 7) is 6.14. The van der Waals surface area contributed by atoms with Crippen LogP contribution in [0.5, 0.6) is 5.75 Å². The second kappa shape index (κ2) is 8.71. The molecule has 0 bridgehead atoms. The molecule has 3 heteroatoms. The number of rotatable bonds is 9. The van der Waals surface area contributed by atoms with Crippen molar-refractivity contribution in [3.05, 3.63) is 28.8 Å². The highest BCUT2D eigenvalue weighted by atomic mass is 16.4. The molecule has 1 aromatic rings. The molecule has 118 valence electrons. The zero-order valence-corrected chi connectivity index (χ0v) is 13.5. The molecule has 0 aliphatic heterocycles. The Morgan fingerprint density at radius 2 is 1.76 bits per heavy atom. The van der Waals surface area contributed by atoms with E-state index in [0.29, 0.717) is 0 Å². The van der Waals surface area contributed by atoms with Crippen molar-refractivity contribution in [3.63, 3.8) is 0 Å². The molecule has 0 heterocycles. The summed E-state index contributed by atoms with van der Waals surface area (Å²) in [5.74, 6) is -0.940. The maximum absolute atomic E-state index is 11.1. The zero-order chi connectivity index (χ0) is 15.8. The van der Waals surface area contributed by atoms with E-state index in [1.165, 1.54) is 38.2 Å². The standard InChI is InChI=1S/C18H28O3/c1-4-5-6-7-8-9-10-14(3)15-11-13(2)12-16(17(15)19)18(20)21/h11-12,14,19H,4-10H2,1-3H3,(H,20,21). The average Bonchev–Trinajstić information content (AvgIpc) is 2.44. The number of aromatic carboxylic acids is 1. The lowest BCUT2D eigenvalue weighted by Gasteiger charge is -2.16. The minimum atomic E-state index is -1.07. The third kappa shape index (κ3) is 5.41. The monoisotopic (exact) mass is 292 g/mol. The number of carbonyl (C=O) groups is 1. The van der Waals surface area contributed by atoms with Crippen LogP contribution in [0, 0.1) is 6.92 Å². The summed E-state index contributed by atoms with van der Waals surface area (Å²) >= 11 is 0. The molecule has 1 atom stereocenters. The van der Waals surface area contributed by atoms with E-state index >= 15 is 0 Å². The molecular weight excluding hydrogens is 264 g/mol. The van der Waals surface area contributed by atoms with E-state index < -0.39 is 5.97 Å². The Hall–Kier alpha value is -1.51. The topological polar surface area (TPSA) is 57.5 Å². The first-order valence-corrected chi connectivity index (χ1v) is 8.04. The van der Waals surface area contributed by atoms with Gasteiger partial charge in [-0.3, -0.25) is 0 Å². The first kappa shape index (κ1) is 17.5. The van der Waals surface area contributed by atoms with Crippen molar-refractivity contribution in [1.29, 1.82) is 0 Å². The Labute approximate surface area is 128 Å². The molecule has 0 fully saturated rings. The fraction of sp³-hybridized carbons (Fsp3) is 0.611. The van der Waals surface area contributed by atoms with Crippen LogP contribution >= 0.6 is 0 Å². The van der Waals surface area contributed by atoms with E-state index in [2.05, 4.69) is 13.8 Å². The largest absolute Gasteiger partial charge is 0.507 e. The van der Waals surface area contributed by atoms with E-state index in [-0.39, 0.29) is 17.2 Å². The summed E-state index contributed by atoms with van der Waals surface area (Å²) in [6.07, 6.45) is 8.44. The highest BCUT2D eigenvalue weighted by Crippen LogP contribution is 2.33. The van der Waals surface area contributed by atoms with E-state index in [4.69, 9.17) is 5.11 Å². The van der Waals surface area contributed by atoms with Gasteiger partial charge in [-0.2, -0.15) is 0 Å². The first-order valence-electron chi connectivity index (χ1n) is 8.04. The number of carboxylic acids is 1. The molecule has 1 unspecified atom stereocenters. The number of hydrogen-bond acceptors (Lipinski definition) is 2. The molecule has 0 aliphatic rings. The van der Waals surface area contributed by atoms with Gasteiger partial charge in [-0.05, 0) is 36.5 Å². The maximum Gasteiger partial charge on any atom is 0.339 e. The number of carboxylic acid groups (broad SMARTS) is 1. The van der Waals surface area contributed by atoms with Crippen LogP contribution in [-0.2, 0) is 0 Å². The summed E-state index contributed by atoms with van der Waals surface area (Å²) in [7, 11) is 0. The van der Waals surface area contributed by atoms with E-state index in [1.807, 2.05) is 13.0 Å². The van der Waals surface area contributed by atoms with Crippen LogP contribution in [0.2, 0.25) is 0 Å². The molecule has 0 saturated heterocycles. The maximum atomic E-state index is 11.1. The van der Waals surface area contributed by atoms with Gasteiger partial charge in [0.1, 0.15) is 11.3 Å². The number of aryl methyl sites for hydroxylation is 1. The molecule has 0 saturated carbocycles. The lowest BCUT2D eigenvalue weighted by atomic mass is 9.91. The molecule has 0 aromatic heterocycles. The predicted octanol–water partition coefficient (Wildman–Crippen LogP) is 5.25. The molecule has 1 rings (SSSR count). The second-order valence-electron chi connectivity index (χ2n) is 6.01. The Morgan fingerprint density at radius 3 is 2.38 bits per heavy atom. The van der Waals surface area contributed by atoms with Gasteiger partial charge in [0.05, 0.1) is 0 Å². The van der Waals surface area contributed by atoms with Gasteiger partial charge in [0.25, 0.3) is 0 Å². The molecule has 0 amide bonds. The fourth-order valence-corrected chi connectivity index (χ4v) is 2.73. The van der Waals surface area contributed by atoms with E-state index in [0.717, 1.165) is 24.0 Å². The van der Waals surface area contributed by atoms with Gasteiger partial charge in [-0.1, -0.05) is 58.4 Å². The number of hydrogen-bond donors (Lipinski definition) is 2. The van der Waals surface area contributed by atoms with Crippen molar-refractivity contribution >= 4 is 5.97 Å². The quantitative estimate of drug-likeness (QED) is 0.611. The van der Waals surface area contributed by atoms with Gasteiger partial charge in [0, 0.05) is 0 Å². The Bertz CT molecular complexity index is 466. The summed E-state index contributed by atoms with van der Waals surface area (Å²) < 4.78 is 0. The van der Waals surface area contributed by atoms with Crippen molar-refractivity contribution in [2.75, 3.05) is 0 Å². The van der Waals surface area contributed by atoms with Crippen molar-refractivity contribution in [2.24, 2.45) is 0 Å². The van der Waals surface area contributed by atoms with Gasteiger partial charge in [0.15, 0.2) is 0 Å². The van der Waals surface area contributed by atoms with Gasteiger partial charge < -0.3 is 10.2 Å². The highest BCUT2D eigenvalue weighted by molar-refractivity contribution is 5.91. The van der Waals surface area contributed by atoms with Crippen LogP contribution in [-0.4, -0.2) is 16.2 Å². The van der Waals surface area contributed by atoms with Gasteiger partial charge in [-0.25, -0.2) is 4.79 Å². The molecular formula is C18H28O3. The number of phenols is 1. The molecule has 21 heavy (non-hydrogen) atoms. The van der Waals surface area contributed by atoms with Crippen LogP contribution in [0.3, 0.4) is 0 Å². The minimum absolute atomic E-state index is 0.0137. The molecule has 0 radical (unpaired) electrons. The molecule has 0 aliphatic carbocycles. The van der Waals surface area contributed by atoms with Crippen molar-refractivity contribution in [2.45, 2.75) is 71.6 Å². The van der Waals surface area contributed by atoms with Crippen LogP contribution in [0.1, 0.15) is 86.2 Å². The van der Waals surface area contributed by atoms with Crippen LogP contribution in [0.25, 0.3) is 0 Å². The lowest BCUT2D eigenvalue weighted by Crippen LogP contribution is -2.03. The molecule has 0 spiro atoms. The van der Waals surface area contributed by atoms with Crippen molar-refractivity contribution in [1.82, 2.24) is 0 Å². The second-order valence-corrected chi connectivity index (χ2v) is 6.01. The van der Waals surface area contributed by atoms with Gasteiger partial charge in [0.2, 0.25) is 0 Å². The van der Waals surface area contributed by atoms with Crippen LogP contribution < -0.4 is 0 Å². The summed E-state index contributed by atoms with van der Waals surface area (Å²) in [5.41, 5.74) is 1.66. The normalized spacial score (nSPS) is 12.3. The van der Waals surface area contributed by atoms with Gasteiger partial charge >= 0.3 is 5.97 Å². The van der Waals surface area contributed by atoms with E-state index in [9.17, 15) is 9.90 Å². The number of aromatic hydroxyl groups is 1. The average molecular weight is 292 g/mol. The SMILES string of the molecule is CCCCCCCCC(C)c1cc(C)cc(C(=O)O)c1O. The minimum Gasteiger partial charge on any atom is -0.507 e. The fourth-order valence-electron chi connectivity index (χ4n) is 2.73. The van der Waals surface area contributed by atoms with Crippen molar-refractivity contribution in [3.8, 4) is 5.75 Å². The predicted molar refractivity (Wildman–Crippen MR) is 86.2 cm³/mol. The Morgan fingerprint density at radius 1 is 1.14 bits per heavy atom. The number of unbranched alkanes of at least 4 members (excludes halogenated alkanes) is 5. The van der Waals surface area contributed by atoms with Crippen LogP contribution in [0.15, 0.2) is 12.1 Å². The third-order valence-electron chi connectivity index (χ3n) is 4.04. The molecule has 1 aromatic carbocycles. The van der Waals surface area contributed by atoms with E-state index in [1.54, 1.807) is 0 Å². The zero-order valence-electron chi connectivity index (χ0n) is 13.5. The molecule has 3 nitrogen and oxygen atoms in total. The highest BCUT2D eigenvalue weighted by Gasteiger charge is 2.18. The summed E-state index contributed by atoms with van der Waals surface area (Å²) in [6, 6.07) is 3.43. The smallest absolute Gasteiger partial charge is 0.339 e. The Kier molecular flexibility index (Phi) is 7.27. The summed E-state index contributed by atoms with van der Waals surface area (Å²) in [4.78, 5) is 11.1. The third-order valence-corrected chi connectivity index (χ3v) is 4.04. The van der Waals surface area contributed by atoms with Crippen molar-refractivity contribution < 1.29 is 15.0 Å². The molecule has 2 N–H and O–H groups in total. The van der Waals surface area contributed by atoms with Gasteiger partial charge in [-0.15, -0.1) is 0 Å². The van der Waals surface area contributed by atoms with Crippen LogP contribution in [0.4, 0.5) is 0 Å². The lowest BCUT2D eigenvalue weighted by molar-refractivity contribution is 0.0693.